The third kappa shape index (κ3) is 18.1. The number of benzene rings is 1. The number of aryl methyl sites for hydroxylation is 1. The summed E-state index contributed by atoms with van der Waals surface area (Å²) in [5.74, 6) is -8.77. The molecule has 0 radical (unpaired) electrons. The summed E-state index contributed by atoms with van der Waals surface area (Å²) in [6.45, 7) is 10.4. The van der Waals surface area contributed by atoms with Crippen LogP contribution >= 0.6 is 11.6 Å². The number of amides is 12. The standard InChI is InChI=1S/C70H106ClF3N12O12/c1-13-43(4)57-66(96)78(7)41-56(88)85-36-23-27-52(85)63(93)81(10)53(39-46-24-16-14-17-25-46)64(94)80(9)45(6)59(89)75-50(31-29-47-28-30-48(49(71)38-47)70(72,73)74)62(92)86-37-22-26-51(86)61(91)77-69(32-18-19-33-69)68(98)83(12)58(42(2)3)67(97)82(11)54(65(95)84-34-20-15-21-35-84)40-55(87)79(8)44(5)60(90)76-57/h28,30,38,42-46,50-54,57-58H,13-27,29,31-37,39-41H2,1-12H3,(H,75,89)(H,76,90)(H,77,91)/t43-,44-,45+,50-,51-,52-,53-,54-,57-,58-/m0/s1. The third-order valence-corrected chi connectivity index (χ3v) is 22.2. The third-order valence-electron chi connectivity index (χ3n) is 21.9. The Morgan fingerprint density at radius 1 is 0.622 bits per heavy atom. The average Bonchev–Trinajstić information content (AvgIpc) is 1.48. The van der Waals surface area contributed by atoms with Crippen molar-refractivity contribution in [2.75, 3.05) is 75.0 Å². The van der Waals surface area contributed by atoms with Crippen LogP contribution in [0.2, 0.25) is 5.02 Å². The van der Waals surface area contributed by atoms with Gasteiger partial charge in [-0.15, -0.1) is 0 Å². The van der Waals surface area contributed by atoms with E-state index in [1.54, 1.807) is 25.7 Å². The normalized spacial score (nSPS) is 28.2. The number of nitrogens with zero attached hydrogens (tertiary/aromatic N) is 9. The smallest absolute Gasteiger partial charge is 0.343 e. The number of rotatable bonds is 9. The van der Waals surface area contributed by atoms with E-state index in [4.69, 9.17) is 11.6 Å². The molecule has 0 aromatic heterocycles. The van der Waals surface area contributed by atoms with E-state index in [1.807, 2.05) is 6.92 Å². The van der Waals surface area contributed by atoms with Gasteiger partial charge in [-0.1, -0.05) is 96.7 Å². The summed E-state index contributed by atoms with van der Waals surface area (Å²) < 4.78 is 41.7. The summed E-state index contributed by atoms with van der Waals surface area (Å²) in [4.78, 5) is 190. The Labute approximate surface area is 580 Å². The van der Waals surface area contributed by atoms with Crippen molar-refractivity contribution in [3.05, 3.63) is 34.3 Å². The Kier molecular flexibility index (Phi) is 27.1. The molecule has 4 saturated heterocycles. The average molecular weight is 1400 g/mol. The minimum Gasteiger partial charge on any atom is -0.343 e. The molecule has 12 amide bonds. The SMILES string of the molecule is CC[C@H](C)[C@@H]1NC(=O)[C@H](C)N(C)C(=O)C[C@@H](C(=O)N2CCCCC2)N(C)C(=O)[C@H](C(C)C)N(C)C(=O)C2(CCCC2)NC(=O)[C@@H]2CCCN2C(=O)[C@H](CCc2ccc(C(F)(F)F)c(Cl)c2)NC(=O)[C@@H](C)N(C)C(=O)[C@H](CC2CCCCC2)N(C)C(=O)[C@@H]2CCCN2C(=O)CN(C)C1=O. The van der Waals surface area contributed by atoms with Crippen LogP contribution in [0, 0.1) is 17.8 Å². The van der Waals surface area contributed by atoms with Gasteiger partial charge >= 0.3 is 6.18 Å². The van der Waals surface area contributed by atoms with Crippen molar-refractivity contribution in [2.24, 2.45) is 17.8 Å². The van der Waals surface area contributed by atoms with Crippen LogP contribution in [-0.4, -0.2) is 250 Å². The van der Waals surface area contributed by atoms with Gasteiger partial charge in [-0.25, -0.2) is 0 Å². The van der Waals surface area contributed by atoms with Crippen LogP contribution in [0.25, 0.3) is 0 Å². The van der Waals surface area contributed by atoms with Crippen LogP contribution in [0.3, 0.4) is 0 Å². The van der Waals surface area contributed by atoms with Crippen LogP contribution in [0.4, 0.5) is 13.2 Å². The summed E-state index contributed by atoms with van der Waals surface area (Å²) in [5, 5.41) is 8.09. The Hall–Kier alpha value is -7.06. The predicted octanol–water partition coefficient (Wildman–Crippen LogP) is 5.39. The molecule has 7 rings (SSSR count). The molecule has 0 bridgehead atoms. The lowest BCUT2D eigenvalue weighted by atomic mass is 9.84. The molecule has 4 heterocycles. The van der Waals surface area contributed by atoms with Gasteiger partial charge in [-0.05, 0) is 126 Å². The summed E-state index contributed by atoms with van der Waals surface area (Å²) in [6, 6.07) is -8.02. The number of likely N-dealkylation sites (tertiary alicyclic amines) is 1. The van der Waals surface area contributed by atoms with E-state index >= 15 is 24.0 Å². The summed E-state index contributed by atoms with van der Waals surface area (Å²) in [7, 11) is 8.53. The van der Waals surface area contributed by atoms with Crippen LogP contribution in [0.5, 0.6) is 0 Å². The highest BCUT2D eigenvalue weighted by Gasteiger charge is 2.51. The van der Waals surface area contributed by atoms with Crippen LogP contribution in [0.15, 0.2) is 18.2 Å². The number of hydrogen-bond donors (Lipinski definition) is 3. The van der Waals surface area contributed by atoms with Gasteiger partial charge in [0.05, 0.1) is 23.6 Å². The van der Waals surface area contributed by atoms with Gasteiger partial charge in [0.25, 0.3) is 0 Å². The zero-order valence-corrected chi connectivity index (χ0v) is 60.2. The molecule has 2 saturated carbocycles. The summed E-state index contributed by atoms with van der Waals surface area (Å²) >= 11 is 6.17. The highest BCUT2D eigenvalue weighted by atomic mass is 35.5. The molecule has 6 fully saturated rings. The number of carbonyl (C=O) groups excluding carboxylic acids is 12. The second kappa shape index (κ2) is 33.9. The van der Waals surface area contributed by atoms with E-state index in [1.165, 1.54) is 96.5 Å². The van der Waals surface area contributed by atoms with Crippen molar-refractivity contribution in [2.45, 2.75) is 242 Å². The van der Waals surface area contributed by atoms with Gasteiger partial charge in [-0.3, -0.25) is 57.5 Å². The zero-order chi connectivity index (χ0) is 72.4. The maximum atomic E-state index is 15.4. The molecular formula is C70H106ClF3N12O12. The first-order chi connectivity index (χ1) is 46.1. The van der Waals surface area contributed by atoms with Crippen LogP contribution in [0.1, 0.15) is 181 Å². The van der Waals surface area contributed by atoms with Gasteiger partial charge in [-0.2, -0.15) is 13.2 Å². The molecule has 24 nitrogen and oxygen atoms in total. The highest BCUT2D eigenvalue weighted by Crippen LogP contribution is 2.37. The van der Waals surface area contributed by atoms with Gasteiger partial charge < -0.3 is 60.0 Å². The van der Waals surface area contributed by atoms with Gasteiger partial charge in [0.2, 0.25) is 70.9 Å². The number of fused-ring (bicyclic) bond motifs is 2. The van der Waals surface area contributed by atoms with Crippen molar-refractivity contribution in [3.63, 3.8) is 0 Å². The molecule has 0 unspecified atom stereocenters. The maximum Gasteiger partial charge on any atom is 0.417 e. The minimum absolute atomic E-state index is 0.0181. The van der Waals surface area contributed by atoms with E-state index in [-0.39, 0.29) is 64.0 Å². The van der Waals surface area contributed by atoms with Crippen molar-refractivity contribution >= 4 is 82.5 Å². The lowest BCUT2D eigenvalue weighted by Gasteiger charge is -2.42. The monoisotopic (exact) mass is 1400 g/mol. The number of alkyl halides is 3. The van der Waals surface area contributed by atoms with Gasteiger partial charge in [0, 0.05) is 68.5 Å². The fourth-order valence-electron chi connectivity index (χ4n) is 15.2. The van der Waals surface area contributed by atoms with E-state index in [0.717, 1.165) is 55.6 Å². The lowest BCUT2D eigenvalue weighted by Crippen LogP contribution is -2.65. The van der Waals surface area contributed by atoms with E-state index < -0.39 is 172 Å². The molecule has 3 N–H and O–H groups in total. The number of halogens is 4. The van der Waals surface area contributed by atoms with E-state index in [2.05, 4.69) is 16.0 Å². The van der Waals surface area contributed by atoms with Crippen molar-refractivity contribution in [1.82, 2.24) is 60.0 Å². The number of hydrogen-bond acceptors (Lipinski definition) is 12. The van der Waals surface area contributed by atoms with Crippen LogP contribution < -0.4 is 16.0 Å². The number of piperidine rings is 1. The molecule has 6 aliphatic rings. The molecule has 546 valence electrons. The second-order valence-electron chi connectivity index (χ2n) is 28.9. The summed E-state index contributed by atoms with van der Waals surface area (Å²) in [6.07, 6.45) is 4.05. The van der Waals surface area contributed by atoms with Crippen LogP contribution in [-0.2, 0) is 70.1 Å². The zero-order valence-electron chi connectivity index (χ0n) is 59.5. The molecule has 1 aromatic carbocycles. The van der Waals surface area contributed by atoms with E-state index in [9.17, 15) is 46.7 Å². The second-order valence-corrected chi connectivity index (χ2v) is 29.3. The highest BCUT2D eigenvalue weighted by molar-refractivity contribution is 6.31. The topological polar surface area (TPSA) is 270 Å². The first kappa shape index (κ1) is 78.3. The number of likely N-dealkylation sites (N-methyl/N-ethyl adjacent to an activating group) is 6. The first-order valence-corrected chi connectivity index (χ1v) is 35.8. The Bertz CT molecular complexity index is 3100. The molecule has 1 spiro atoms. The summed E-state index contributed by atoms with van der Waals surface area (Å²) in [5.41, 5.74) is -2.35. The number of carbonyl (C=O) groups is 12. The Balaban J connectivity index is 1.28. The van der Waals surface area contributed by atoms with Crippen molar-refractivity contribution in [1.29, 1.82) is 0 Å². The molecule has 1 aromatic rings. The van der Waals surface area contributed by atoms with Gasteiger partial charge in [0.1, 0.15) is 59.9 Å². The Morgan fingerprint density at radius 3 is 1.82 bits per heavy atom. The molecule has 98 heavy (non-hydrogen) atoms. The fourth-order valence-corrected chi connectivity index (χ4v) is 15.5. The molecule has 28 heteroatoms. The Morgan fingerprint density at radius 2 is 1.21 bits per heavy atom. The van der Waals surface area contributed by atoms with Crippen molar-refractivity contribution in [3.8, 4) is 0 Å². The largest absolute Gasteiger partial charge is 0.417 e. The molecule has 2 aliphatic carbocycles. The predicted molar refractivity (Wildman–Crippen MR) is 360 cm³/mol. The lowest BCUT2D eigenvalue weighted by molar-refractivity contribution is -0.156. The van der Waals surface area contributed by atoms with E-state index in [0.29, 0.717) is 63.6 Å². The molecule has 4 aliphatic heterocycles. The maximum absolute atomic E-state index is 15.4. The first-order valence-electron chi connectivity index (χ1n) is 35.4. The molecule has 10 atom stereocenters. The van der Waals surface area contributed by atoms with Crippen molar-refractivity contribution < 1.29 is 70.7 Å². The molecular weight excluding hydrogens is 1290 g/mol. The van der Waals surface area contributed by atoms with Gasteiger partial charge in [0.15, 0.2) is 0 Å². The fraction of sp³-hybridized carbons (Fsp3) is 0.743. The quantitative estimate of drug-likeness (QED) is 0.281. The number of nitrogens with one attached hydrogen (secondary N) is 3. The minimum atomic E-state index is -4.76.